The highest BCUT2D eigenvalue weighted by Gasteiger charge is 2.33. The highest BCUT2D eigenvalue weighted by atomic mass is 32.1. The Morgan fingerprint density at radius 3 is 1.94 bits per heavy atom. The minimum Gasteiger partial charge on any atom is -0.288 e. The van der Waals surface area contributed by atoms with E-state index in [0.717, 1.165) is 36.4 Å². The largest absolute Gasteiger partial charge is 0.288 e. The molecule has 0 spiro atoms. The number of hydrogen-bond donors (Lipinski definition) is 0. The minimum absolute atomic E-state index is 0.168. The number of carbonyl (C=O) groups is 2. The lowest BCUT2D eigenvalue weighted by molar-refractivity contribution is 0.0990. The first kappa shape index (κ1) is 19.5. The Morgan fingerprint density at radius 2 is 1.24 bits per heavy atom. The van der Waals surface area contributed by atoms with Crippen molar-refractivity contribution in [1.29, 1.82) is 0 Å². The van der Waals surface area contributed by atoms with Crippen LogP contribution in [-0.4, -0.2) is 21.5 Å². The van der Waals surface area contributed by atoms with E-state index in [1.54, 1.807) is 6.08 Å². The van der Waals surface area contributed by atoms with Gasteiger partial charge in [-0.15, -0.1) is 0 Å². The molecule has 7 rings (SSSR count). The first-order valence-electron chi connectivity index (χ1n) is 10.7. The molecule has 1 aliphatic carbocycles. The summed E-state index contributed by atoms with van der Waals surface area (Å²) in [4.78, 5) is 37.2. The zero-order valence-electron chi connectivity index (χ0n) is 17.6. The summed E-state index contributed by atoms with van der Waals surface area (Å²) in [7, 11) is 0. The molecule has 6 heteroatoms. The zero-order chi connectivity index (χ0) is 22.8. The Kier molecular flexibility index (Phi) is 4.15. The lowest BCUT2D eigenvalue weighted by Gasteiger charge is -2.02. The fourth-order valence-electron chi connectivity index (χ4n) is 4.51. The molecular formula is C28H14N2O2S2. The molecule has 0 saturated heterocycles. The summed E-state index contributed by atoms with van der Waals surface area (Å²) in [5, 5.41) is 5.75. The van der Waals surface area contributed by atoms with Gasteiger partial charge in [-0.2, -0.15) is 0 Å². The number of allylic oxidation sites excluding steroid dienone is 1. The second-order valence-electron chi connectivity index (χ2n) is 8.17. The summed E-state index contributed by atoms with van der Waals surface area (Å²) in [5.74, 6) is -0.484. The molecule has 2 heterocycles. The predicted octanol–water partition coefficient (Wildman–Crippen LogP) is 7.19. The summed E-state index contributed by atoms with van der Waals surface area (Å²) in [6, 6.07) is 25.8. The predicted molar refractivity (Wildman–Crippen MR) is 139 cm³/mol. The van der Waals surface area contributed by atoms with Gasteiger partial charge in [-0.25, -0.2) is 9.97 Å². The number of fused-ring (bicyclic) bond motifs is 4. The smallest absolute Gasteiger partial charge is 0.197 e. The Bertz CT molecular complexity index is 1770. The van der Waals surface area contributed by atoms with Crippen LogP contribution in [0.4, 0.5) is 0 Å². The van der Waals surface area contributed by atoms with Crippen LogP contribution in [0.2, 0.25) is 0 Å². The van der Waals surface area contributed by atoms with Crippen molar-refractivity contribution in [2.24, 2.45) is 0 Å². The Labute approximate surface area is 201 Å². The fraction of sp³-hybridized carbons (Fsp3) is 0. The van der Waals surface area contributed by atoms with Crippen molar-refractivity contribution in [1.82, 2.24) is 9.97 Å². The van der Waals surface area contributed by atoms with E-state index in [9.17, 15) is 9.59 Å². The maximum atomic E-state index is 13.0. The average Bonchev–Trinajstić information content (AvgIpc) is 3.50. The van der Waals surface area contributed by atoms with Crippen molar-refractivity contribution >= 4 is 71.5 Å². The molecule has 2 aromatic heterocycles. The maximum Gasteiger partial charge on any atom is 0.197 e. The number of benzene rings is 4. The van der Waals surface area contributed by atoms with Crippen LogP contribution in [-0.2, 0) is 0 Å². The van der Waals surface area contributed by atoms with Crippen LogP contribution in [0.1, 0.15) is 25.7 Å². The second-order valence-corrected chi connectivity index (χ2v) is 10.2. The van der Waals surface area contributed by atoms with Gasteiger partial charge in [-0.3, -0.25) is 9.59 Å². The van der Waals surface area contributed by atoms with Crippen molar-refractivity contribution in [2.45, 2.75) is 0 Å². The third kappa shape index (κ3) is 2.89. The number of ketones is 2. The molecule has 0 atom stereocenters. The quantitative estimate of drug-likeness (QED) is 0.197. The molecule has 0 saturated carbocycles. The van der Waals surface area contributed by atoms with Gasteiger partial charge in [0, 0.05) is 16.7 Å². The first-order chi connectivity index (χ1) is 16.7. The minimum atomic E-state index is -0.242. The number of rotatable bonds is 2. The van der Waals surface area contributed by atoms with Crippen molar-refractivity contribution in [3.05, 3.63) is 101 Å². The highest BCUT2D eigenvalue weighted by Crippen LogP contribution is 2.38. The molecule has 0 fully saturated rings. The number of Topliss-reactive ketones (excluding diaryl/α,β-unsaturated/α-hetero) is 2. The third-order valence-corrected chi connectivity index (χ3v) is 8.15. The van der Waals surface area contributed by atoms with Gasteiger partial charge in [-0.05, 0) is 39.8 Å². The molecule has 34 heavy (non-hydrogen) atoms. The van der Waals surface area contributed by atoms with Crippen LogP contribution < -0.4 is 0 Å². The number of aromatic nitrogens is 2. The van der Waals surface area contributed by atoms with E-state index in [1.165, 1.54) is 28.1 Å². The Balaban J connectivity index is 1.28. The van der Waals surface area contributed by atoms with Crippen molar-refractivity contribution < 1.29 is 9.59 Å². The van der Waals surface area contributed by atoms with Crippen LogP contribution in [0.3, 0.4) is 0 Å². The van der Waals surface area contributed by atoms with Gasteiger partial charge in [-0.1, -0.05) is 89.4 Å². The monoisotopic (exact) mass is 474 g/mol. The molecule has 6 aromatic rings. The van der Waals surface area contributed by atoms with Crippen molar-refractivity contribution in [3.8, 4) is 10.6 Å². The molecule has 4 aromatic carbocycles. The van der Waals surface area contributed by atoms with E-state index < -0.39 is 0 Å². The lowest BCUT2D eigenvalue weighted by atomic mass is 10.0. The van der Waals surface area contributed by atoms with Gasteiger partial charge in [0.05, 0.1) is 5.57 Å². The molecule has 160 valence electrons. The lowest BCUT2D eigenvalue weighted by Crippen LogP contribution is -1.99. The standard InChI is InChI=1S/C28H14N2O2S2/c31-24-20-12-16-7-1-2-8-17(16)13-21(20)25(32)22(24)14-23-29-27-28(33-23)30-26(34-27)19-11-5-9-15-6-3-4-10-18(15)19/h1-14H. The van der Waals surface area contributed by atoms with E-state index in [0.29, 0.717) is 16.1 Å². The Morgan fingerprint density at radius 1 is 0.618 bits per heavy atom. The van der Waals surface area contributed by atoms with Crippen LogP contribution in [0.25, 0.3) is 47.9 Å². The van der Waals surface area contributed by atoms with Gasteiger partial charge < -0.3 is 0 Å². The average molecular weight is 475 g/mol. The number of nitrogens with zero attached hydrogens (tertiary/aromatic N) is 2. The summed E-state index contributed by atoms with van der Waals surface area (Å²) in [6.45, 7) is 0. The molecule has 0 unspecified atom stereocenters. The normalized spacial score (nSPS) is 13.4. The zero-order valence-corrected chi connectivity index (χ0v) is 19.2. The van der Waals surface area contributed by atoms with E-state index in [2.05, 4.69) is 29.2 Å². The topological polar surface area (TPSA) is 59.9 Å². The van der Waals surface area contributed by atoms with E-state index in [-0.39, 0.29) is 17.1 Å². The second kappa shape index (κ2) is 7.25. The molecule has 0 radical (unpaired) electrons. The highest BCUT2D eigenvalue weighted by molar-refractivity contribution is 7.28. The summed E-state index contributed by atoms with van der Waals surface area (Å²) in [5.41, 5.74) is 2.17. The van der Waals surface area contributed by atoms with Gasteiger partial charge in [0.25, 0.3) is 0 Å². The molecule has 1 aliphatic rings. The van der Waals surface area contributed by atoms with Crippen LogP contribution >= 0.6 is 22.7 Å². The van der Waals surface area contributed by atoms with Gasteiger partial charge >= 0.3 is 0 Å². The molecular weight excluding hydrogens is 460 g/mol. The van der Waals surface area contributed by atoms with Crippen LogP contribution in [0.15, 0.2) is 84.4 Å². The Hall–Kier alpha value is -4.00. The number of carbonyl (C=O) groups excluding carboxylic acids is 2. The third-order valence-electron chi connectivity index (χ3n) is 6.14. The first-order valence-corrected chi connectivity index (χ1v) is 12.4. The molecule has 0 aliphatic heterocycles. The van der Waals surface area contributed by atoms with Gasteiger partial charge in [0.15, 0.2) is 21.2 Å². The molecule has 0 bridgehead atoms. The summed E-state index contributed by atoms with van der Waals surface area (Å²) in [6.07, 6.45) is 1.62. The SMILES string of the molecule is O=C1C(=Cc2nc3sc(-c4cccc5ccccc45)nc3s2)C(=O)c2cc3ccccc3cc21. The molecule has 0 N–H and O–H groups in total. The van der Waals surface area contributed by atoms with E-state index in [1.807, 2.05) is 54.6 Å². The number of hydrogen-bond acceptors (Lipinski definition) is 6. The summed E-state index contributed by atoms with van der Waals surface area (Å²) >= 11 is 2.92. The maximum absolute atomic E-state index is 13.0. The van der Waals surface area contributed by atoms with E-state index in [4.69, 9.17) is 4.98 Å². The van der Waals surface area contributed by atoms with Crippen molar-refractivity contribution in [3.63, 3.8) is 0 Å². The summed E-state index contributed by atoms with van der Waals surface area (Å²) < 4.78 is 0. The molecule has 4 nitrogen and oxygen atoms in total. The van der Waals surface area contributed by atoms with Crippen LogP contribution in [0.5, 0.6) is 0 Å². The van der Waals surface area contributed by atoms with Crippen molar-refractivity contribution in [2.75, 3.05) is 0 Å². The number of thiazole rings is 2. The van der Waals surface area contributed by atoms with Gasteiger partial charge in [0.1, 0.15) is 10.0 Å². The molecule has 0 amide bonds. The van der Waals surface area contributed by atoms with Gasteiger partial charge in [0.2, 0.25) is 0 Å². The fourth-order valence-corrected chi connectivity index (χ4v) is 6.54. The van der Waals surface area contributed by atoms with E-state index >= 15 is 0 Å². The van der Waals surface area contributed by atoms with Crippen LogP contribution in [0, 0.1) is 0 Å².